The topological polar surface area (TPSA) is 237 Å². The second kappa shape index (κ2) is 55.4. The van der Waals surface area contributed by atoms with Crippen molar-refractivity contribution in [2.45, 2.75) is 330 Å². The standard InChI is InChI=1S/C64H124O17P2/c1-8-12-13-28-38-45-61(66)74-51-59(81-64(69)48-41-34-27-25-31-37-44-57(7)11-4)53-78-82(70,71)76-49-58(65)50-77-83(72,73)79-54-60(52-75-62(67)46-39-32-26-24-30-36-43-56(6)10-3)80-63(68)47-40-33-23-21-19-17-15-14-16-18-20-22-29-35-42-55(5)9-2/h55-60,65H,8-54H2,1-7H3,(H,70,71)(H,72,73)/t55?,56?,57?,58-,59+,60+/m0/s1. The van der Waals surface area contributed by atoms with Crippen LogP contribution in [0, 0.1) is 17.8 Å². The number of rotatable bonds is 62. The Bertz CT molecular complexity index is 1650. The van der Waals surface area contributed by atoms with E-state index in [1.807, 2.05) is 0 Å². The zero-order valence-corrected chi connectivity index (χ0v) is 55.4. The Labute approximate surface area is 505 Å². The predicted octanol–water partition coefficient (Wildman–Crippen LogP) is 17.5. The van der Waals surface area contributed by atoms with Gasteiger partial charge in [0.2, 0.25) is 0 Å². The molecule has 0 bridgehead atoms. The van der Waals surface area contributed by atoms with Crippen molar-refractivity contribution in [2.24, 2.45) is 17.8 Å². The van der Waals surface area contributed by atoms with Crippen LogP contribution < -0.4 is 0 Å². The Balaban J connectivity index is 5.15. The maximum absolute atomic E-state index is 13.0. The third-order valence-corrected chi connectivity index (χ3v) is 17.6. The summed E-state index contributed by atoms with van der Waals surface area (Å²) in [5, 5.41) is 10.5. The van der Waals surface area contributed by atoms with Crippen LogP contribution in [-0.4, -0.2) is 96.7 Å². The first-order chi connectivity index (χ1) is 39.8. The van der Waals surface area contributed by atoms with Crippen LogP contribution in [0.3, 0.4) is 0 Å². The highest BCUT2D eigenvalue weighted by atomic mass is 31.2. The SMILES string of the molecule is CCCCCCCC(=O)OC[C@H](COP(=O)(O)OC[C@H](O)COP(=O)(O)OC[C@@H](COC(=O)CCCCCCCCC(C)CC)OC(=O)CCCCCCCCCCCCCCCCC(C)CC)OC(=O)CCCCCCCCC(C)CC. The van der Waals surface area contributed by atoms with E-state index in [9.17, 15) is 43.2 Å². The van der Waals surface area contributed by atoms with E-state index in [2.05, 4.69) is 48.5 Å². The van der Waals surface area contributed by atoms with Crippen molar-refractivity contribution in [1.29, 1.82) is 0 Å². The molecule has 5 unspecified atom stereocenters. The largest absolute Gasteiger partial charge is 0.472 e. The summed E-state index contributed by atoms with van der Waals surface area (Å²) in [7, 11) is -9.88. The summed E-state index contributed by atoms with van der Waals surface area (Å²) in [5.41, 5.74) is 0. The van der Waals surface area contributed by atoms with Crippen LogP contribution in [0.4, 0.5) is 0 Å². The minimum atomic E-state index is -4.94. The number of unbranched alkanes of at least 4 members (excludes halogenated alkanes) is 27. The molecule has 0 heterocycles. The number of phosphoric ester groups is 2. The van der Waals surface area contributed by atoms with Gasteiger partial charge in [0.15, 0.2) is 12.2 Å². The van der Waals surface area contributed by atoms with E-state index >= 15 is 0 Å². The van der Waals surface area contributed by atoms with Gasteiger partial charge in [0.1, 0.15) is 19.3 Å². The zero-order chi connectivity index (χ0) is 61.7. The fourth-order valence-corrected chi connectivity index (χ4v) is 11.0. The van der Waals surface area contributed by atoms with Gasteiger partial charge in [0, 0.05) is 25.7 Å². The molecule has 83 heavy (non-hydrogen) atoms. The van der Waals surface area contributed by atoms with Gasteiger partial charge in [-0.25, -0.2) is 9.13 Å². The van der Waals surface area contributed by atoms with Crippen LogP contribution in [0.25, 0.3) is 0 Å². The summed E-state index contributed by atoms with van der Waals surface area (Å²) in [6.45, 7) is 11.7. The molecule has 0 saturated carbocycles. The minimum Gasteiger partial charge on any atom is -0.462 e. The molecule has 17 nitrogen and oxygen atoms in total. The Hall–Kier alpha value is -1.94. The van der Waals surface area contributed by atoms with Crippen LogP contribution in [0.5, 0.6) is 0 Å². The Morgan fingerprint density at radius 1 is 0.337 bits per heavy atom. The lowest BCUT2D eigenvalue weighted by molar-refractivity contribution is -0.161. The van der Waals surface area contributed by atoms with Crippen molar-refractivity contribution in [3.63, 3.8) is 0 Å². The van der Waals surface area contributed by atoms with Crippen LogP contribution in [-0.2, 0) is 65.4 Å². The molecular weight excluding hydrogens is 1100 g/mol. The Kier molecular flexibility index (Phi) is 54.1. The molecule has 0 radical (unpaired) electrons. The quantitative estimate of drug-likeness (QED) is 0.0222. The van der Waals surface area contributed by atoms with Crippen molar-refractivity contribution in [2.75, 3.05) is 39.6 Å². The van der Waals surface area contributed by atoms with Gasteiger partial charge >= 0.3 is 39.5 Å². The molecular formula is C64H124O17P2. The number of aliphatic hydroxyl groups is 1. The van der Waals surface area contributed by atoms with Gasteiger partial charge in [0.25, 0.3) is 0 Å². The summed E-state index contributed by atoms with van der Waals surface area (Å²) < 4.78 is 67.8. The number of aliphatic hydroxyl groups excluding tert-OH is 1. The van der Waals surface area contributed by atoms with Crippen molar-refractivity contribution >= 4 is 39.5 Å². The monoisotopic (exact) mass is 1230 g/mol. The van der Waals surface area contributed by atoms with Crippen LogP contribution >= 0.6 is 15.6 Å². The average Bonchev–Trinajstić information content (AvgIpc) is 3.47. The molecule has 19 heteroatoms. The van der Waals surface area contributed by atoms with Gasteiger partial charge in [-0.2, -0.15) is 0 Å². The molecule has 0 aliphatic heterocycles. The second-order valence-electron chi connectivity index (χ2n) is 23.9. The summed E-state index contributed by atoms with van der Waals surface area (Å²) in [4.78, 5) is 71.9. The second-order valence-corrected chi connectivity index (χ2v) is 26.8. The lowest BCUT2D eigenvalue weighted by Gasteiger charge is -2.21. The first-order valence-corrected chi connectivity index (χ1v) is 36.5. The molecule has 0 aliphatic carbocycles. The van der Waals surface area contributed by atoms with E-state index in [1.165, 1.54) is 109 Å². The average molecular weight is 1230 g/mol. The van der Waals surface area contributed by atoms with Gasteiger partial charge in [-0.05, 0) is 43.4 Å². The summed E-state index contributed by atoms with van der Waals surface area (Å²) >= 11 is 0. The van der Waals surface area contributed by atoms with Gasteiger partial charge in [-0.3, -0.25) is 37.3 Å². The fourth-order valence-electron chi connectivity index (χ4n) is 9.38. The number of hydrogen-bond donors (Lipinski definition) is 3. The highest BCUT2D eigenvalue weighted by Gasteiger charge is 2.30. The smallest absolute Gasteiger partial charge is 0.462 e. The number of carbonyl (C=O) groups is 4. The van der Waals surface area contributed by atoms with Gasteiger partial charge in [-0.1, -0.05) is 260 Å². The van der Waals surface area contributed by atoms with E-state index in [0.29, 0.717) is 25.7 Å². The summed E-state index contributed by atoms with van der Waals surface area (Å²) in [6, 6.07) is 0. The molecule has 0 aromatic heterocycles. The Morgan fingerprint density at radius 2 is 0.578 bits per heavy atom. The third-order valence-electron chi connectivity index (χ3n) is 15.7. The third kappa shape index (κ3) is 55.1. The minimum absolute atomic E-state index is 0.102. The molecule has 0 aromatic rings. The first-order valence-electron chi connectivity index (χ1n) is 33.5. The van der Waals surface area contributed by atoms with E-state index < -0.39 is 97.5 Å². The van der Waals surface area contributed by atoms with Gasteiger partial charge < -0.3 is 33.8 Å². The van der Waals surface area contributed by atoms with Gasteiger partial charge in [-0.15, -0.1) is 0 Å². The van der Waals surface area contributed by atoms with E-state index in [4.69, 9.17) is 37.0 Å². The molecule has 0 saturated heterocycles. The van der Waals surface area contributed by atoms with Crippen molar-refractivity contribution in [1.82, 2.24) is 0 Å². The maximum Gasteiger partial charge on any atom is 0.472 e. The molecule has 0 fully saturated rings. The summed E-state index contributed by atoms with van der Waals surface area (Å²) in [5.74, 6) is 0.147. The maximum atomic E-state index is 13.0. The fraction of sp³-hybridized carbons (Fsp3) is 0.938. The van der Waals surface area contributed by atoms with E-state index in [1.54, 1.807) is 0 Å². The zero-order valence-electron chi connectivity index (χ0n) is 53.6. The van der Waals surface area contributed by atoms with Crippen molar-refractivity contribution in [3.05, 3.63) is 0 Å². The molecule has 8 atom stereocenters. The molecule has 0 spiro atoms. The Morgan fingerprint density at radius 3 is 0.855 bits per heavy atom. The highest BCUT2D eigenvalue weighted by molar-refractivity contribution is 7.47. The van der Waals surface area contributed by atoms with Crippen LogP contribution in [0.1, 0.15) is 312 Å². The van der Waals surface area contributed by atoms with E-state index in [0.717, 1.165) is 120 Å². The summed E-state index contributed by atoms with van der Waals surface area (Å²) in [6.07, 6.45) is 36.6. The van der Waals surface area contributed by atoms with Crippen molar-refractivity contribution < 1.29 is 80.2 Å². The number of ether oxygens (including phenoxy) is 4. The molecule has 492 valence electrons. The highest BCUT2D eigenvalue weighted by Crippen LogP contribution is 2.45. The molecule has 3 N–H and O–H groups in total. The lowest BCUT2D eigenvalue weighted by atomic mass is 9.99. The first kappa shape index (κ1) is 81.1. The van der Waals surface area contributed by atoms with Gasteiger partial charge in [0.05, 0.1) is 26.4 Å². The lowest BCUT2D eigenvalue weighted by Crippen LogP contribution is -2.30. The number of esters is 4. The molecule has 0 rings (SSSR count). The number of carbonyl (C=O) groups excluding carboxylic acids is 4. The molecule has 0 aromatic carbocycles. The van der Waals surface area contributed by atoms with E-state index in [-0.39, 0.29) is 25.7 Å². The molecule has 0 aliphatic rings. The normalized spacial score (nSPS) is 15.3. The number of phosphoric acid groups is 2. The predicted molar refractivity (Wildman–Crippen MR) is 331 cm³/mol. The van der Waals surface area contributed by atoms with Crippen LogP contribution in [0.2, 0.25) is 0 Å². The van der Waals surface area contributed by atoms with Crippen LogP contribution in [0.15, 0.2) is 0 Å². The molecule has 0 amide bonds. The number of hydrogen-bond acceptors (Lipinski definition) is 15. The van der Waals surface area contributed by atoms with Crippen molar-refractivity contribution in [3.8, 4) is 0 Å².